The summed E-state index contributed by atoms with van der Waals surface area (Å²) in [4.78, 5) is 17.3. The van der Waals surface area contributed by atoms with E-state index < -0.39 is 5.91 Å². The number of methoxy groups -OCH3 is 1. The maximum absolute atomic E-state index is 11.4. The largest absolute Gasteiger partial charge is 0.497 e. The highest BCUT2D eigenvalue weighted by molar-refractivity contribution is 5.93. The number of nitrogens with one attached hydrogen (secondary N) is 2. The molecule has 3 aromatic rings. The number of hydrogen-bond donors (Lipinski definition) is 3. The number of carbonyl (C=O) groups is 1. The normalized spacial score (nSPS) is 14.2. The predicted molar refractivity (Wildman–Crippen MR) is 98.4 cm³/mol. The van der Waals surface area contributed by atoms with Crippen molar-refractivity contribution in [2.45, 2.75) is 19.5 Å². The van der Waals surface area contributed by atoms with E-state index >= 15 is 0 Å². The van der Waals surface area contributed by atoms with E-state index in [0.717, 1.165) is 42.9 Å². The van der Waals surface area contributed by atoms with Crippen LogP contribution < -0.4 is 10.2 Å². The number of aromatic nitrogens is 1. The fourth-order valence-electron chi connectivity index (χ4n) is 3.62. The van der Waals surface area contributed by atoms with Crippen LogP contribution in [0.15, 0.2) is 42.5 Å². The minimum absolute atomic E-state index is 0.446. The number of aromatic amines is 1. The lowest BCUT2D eigenvalue weighted by Crippen LogP contribution is -2.29. The number of benzene rings is 2. The third-order valence-electron chi connectivity index (χ3n) is 4.99. The third kappa shape index (κ3) is 3.05. The van der Waals surface area contributed by atoms with Crippen LogP contribution in [0.5, 0.6) is 5.75 Å². The number of hydroxylamine groups is 1. The van der Waals surface area contributed by atoms with E-state index in [2.05, 4.69) is 22.0 Å². The molecule has 4 rings (SSSR count). The Morgan fingerprint density at radius 3 is 2.81 bits per heavy atom. The molecule has 1 aliphatic rings. The average Bonchev–Trinajstić information content (AvgIpc) is 3.04. The molecule has 1 amide bonds. The van der Waals surface area contributed by atoms with Crippen molar-refractivity contribution in [3.63, 3.8) is 0 Å². The number of H-pyrrole nitrogens is 1. The van der Waals surface area contributed by atoms with Crippen molar-refractivity contribution in [3.8, 4) is 5.75 Å². The van der Waals surface area contributed by atoms with Crippen LogP contribution in [0.4, 0.5) is 0 Å². The molecule has 1 aliphatic heterocycles. The van der Waals surface area contributed by atoms with Crippen LogP contribution in [-0.4, -0.2) is 34.7 Å². The summed E-state index contributed by atoms with van der Waals surface area (Å²) in [7, 11) is 1.69. The van der Waals surface area contributed by atoms with Gasteiger partial charge in [-0.15, -0.1) is 0 Å². The first-order valence-corrected chi connectivity index (χ1v) is 8.61. The van der Waals surface area contributed by atoms with Gasteiger partial charge in [0.1, 0.15) is 5.75 Å². The minimum atomic E-state index is -0.493. The fraction of sp³-hybridized carbons (Fsp3) is 0.250. The Balaban J connectivity index is 1.51. The van der Waals surface area contributed by atoms with E-state index in [4.69, 9.17) is 9.94 Å². The van der Waals surface area contributed by atoms with E-state index in [0.29, 0.717) is 5.56 Å². The second kappa shape index (κ2) is 6.82. The molecule has 0 saturated heterocycles. The summed E-state index contributed by atoms with van der Waals surface area (Å²) in [6.07, 6.45) is 0.994. The average molecular weight is 351 g/mol. The smallest absolute Gasteiger partial charge is 0.274 e. The fourth-order valence-corrected chi connectivity index (χ4v) is 3.62. The van der Waals surface area contributed by atoms with Crippen LogP contribution in [-0.2, 0) is 19.5 Å². The second-order valence-corrected chi connectivity index (χ2v) is 6.59. The molecule has 0 radical (unpaired) electrons. The number of amides is 1. The standard InChI is InChI=1S/C20H21N3O3/c1-26-15-6-7-18-17(10-15)16-8-9-23(12-19(16)21-18)11-13-2-4-14(5-3-13)20(24)22-25/h2-7,10,21,25H,8-9,11-12H2,1H3,(H,22,24). The molecule has 0 saturated carbocycles. The van der Waals surface area contributed by atoms with Gasteiger partial charge in [-0.25, -0.2) is 5.48 Å². The Hall–Kier alpha value is -2.83. The van der Waals surface area contributed by atoms with Crippen LogP contribution >= 0.6 is 0 Å². The molecule has 2 heterocycles. The monoisotopic (exact) mass is 351 g/mol. The topological polar surface area (TPSA) is 77.6 Å². The van der Waals surface area contributed by atoms with Gasteiger partial charge >= 0.3 is 0 Å². The van der Waals surface area contributed by atoms with Crippen LogP contribution in [0, 0.1) is 0 Å². The van der Waals surface area contributed by atoms with Crippen LogP contribution in [0.1, 0.15) is 27.2 Å². The van der Waals surface area contributed by atoms with Gasteiger partial charge in [0, 0.05) is 41.8 Å². The maximum Gasteiger partial charge on any atom is 0.274 e. The molecular weight excluding hydrogens is 330 g/mol. The summed E-state index contributed by atoms with van der Waals surface area (Å²) in [6, 6.07) is 13.5. The Kier molecular flexibility index (Phi) is 4.36. The number of rotatable bonds is 4. The summed E-state index contributed by atoms with van der Waals surface area (Å²) in [6.45, 7) is 2.67. The van der Waals surface area contributed by atoms with Crippen molar-refractivity contribution in [2.24, 2.45) is 0 Å². The molecule has 0 fully saturated rings. The van der Waals surface area contributed by atoms with Gasteiger partial charge in [0.2, 0.25) is 0 Å². The molecule has 2 aromatic carbocycles. The Bertz CT molecular complexity index is 947. The van der Waals surface area contributed by atoms with Crippen molar-refractivity contribution in [1.82, 2.24) is 15.4 Å². The van der Waals surface area contributed by atoms with E-state index in [1.165, 1.54) is 16.6 Å². The first-order valence-electron chi connectivity index (χ1n) is 8.61. The predicted octanol–water partition coefficient (Wildman–Crippen LogP) is 2.85. The highest BCUT2D eigenvalue weighted by atomic mass is 16.5. The van der Waals surface area contributed by atoms with Gasteiger partial charge in [0.15, 0.2) is 0 Å². The first-order chi connectivity index (χ1) is 12.7. The second-order valence-electron chi connectivity index (χ2n) is 6.59. The van der Waals surface area contributed by atoms with Crippen LogP contribution in [0.25, 0.3) is 10.9 Å². The summed E-state index contributed by atoms with van der Waals surface area (Å²) >= 11 is 0. The summed E-state index contributed by atoms with van der Waals surface area (Å²) in [5.41, 5.74) is 7.03. The molecular formula is C20H21N3O3. The molecule has 0 unspecified atom stereocenters. The zero-order chi connectivity index (χ0) is 18.1. The minimum Gasteiger partial charge on any atom is -0.497 e. The lowest BCUT2D eigenvalue weighted by Gasteiger charge is -2.27. The first kappa shape index (κ1) is 16.6. The van der Waals surface area contributed by atoms with Gasteiger partial charge in [0.05, 0.1) is 7.11 Å². The Labute approximate surface area is 151 Å². The maximum atomic E-state index is 11.4. The van der Waals surface area contributed by atoms with Gasteiger partial charge in [-0.05, 0) is 47.9 Å². The van der Waals surface area contributed by atoms with Gasteiger partial charge in [-0.2, -0.15) is 0 Å². The van der Waals surface area contributed by atoms with E-state index in [1.54, 1.807) is 24.7 Å². The summed E-state index contributed by atoms with van der Waals surface area (Å²) in [5.74, 6) is 0.390. The number of hydrogen-bond acceptors (Lipinski definition) is 4. The zero-order valence-corrected chi connectivity index (χ0v) is 14.6. The highest BCUT2D eigenvalue weighted by Gasteiger charge is 2.21. The molecule has 3 N–H and O–H groups in total. The molecule has 0 aliphatic carbocycles. The van der Waals surface area contributed by atoms with Crippen molar-refractivity contribution >= 4 is 16.8 Å². The van der Waals surface area contributed by atoms with Crippen molar-refractivity contribution in [2.75, 3.05) is 13.7 Å². The Morgan fingerprint density at radius 2 is 2.08 bits per heavy atom. The molecule has 0 atom stereocenters. The molecule has 0 bridgehead atoms. The zero-order valence-electron chi connectivity index (χ0n) is 14.6. The third-order valence-corrected chi connectivity index (χ3v) is 4.99. The SMILES string of the molecule is COc1ccc2[nH]c3c(c2c1)CCN(Cc1ccc(C(=O)NO)cc1)C3. The number of nitrogens with zero attached hydrogens (tertiary/aromatic N) is 1. The van der Waals surface area contributed by atoms with E-state index in [9.17, 15) is 4.79 Å². The summed E-state index contributed by atoms with van der Waals surface area (Å²) < 4.78 is 5.35. The van der Waals surface area contributed by atoms with Gasteiger partial charge in [-0.3, -0.25) is 14.9 Å². The Morgan fingerprint density at radius 1 is 1.27 bits per heavy atom. The molecule has 26 heavy (non-hydrogen) atoms. The van der Waals surface area contributed by atoms with Gasteiger partial charge < -0.3 is 9.72 Å². The number of fused-ring (bicyclic) bond motifs is 3. The van der Waals surface area contributed by atoms with Crippen molar-refractivity contribution in [1.29, 1.82) is 0 Å². The summed E-state index contributed by atoms with van der Waals surface area (Å²) in [5, 5.41) is 9.93. The van der Waals surface area contributed by atoms with Crippen molar-refractivity contribution < 1.29 is 14.7 Å². The van der Waals surface area contributed by atoms with Crippen molar-refractivity contribution in [3.05, 3.63) is 64.8 Å². The van der Waals surface area contributed by atoms with E-state index in [1.807, 2.05) is 18.2 Å². The van der Waals surface area contributed by atoms with Crippen LogP contribution in [0.3, 0.4) is 0 Å². The molecule has 6 heteroatoms. The number of ether oxygens (including phenoxy) is 1. The van der Waals surface area contributed by atoms with E-state index in [-0.39, 0.29) is 0 Å². The van der Waals surface area contributed by atoms with Crippen LogP contribution in [0.2, 0.25) is 0 Å². The molecule has 1 aromatic heterocycles. The van der Waals surface area contributed by atoms with Gasteiger partial charge in [0.25, 0.3) is 5.91 Å². The lowest BCUT2D eigenvalue weighted by molar-refractivity contribution is 0.0706. The highest BCUT2D eigenvalue weighted by Crippen LogP contribution is 2.30. The molecule has 6 nitrogen and oxygen atoms in total. The molecule has 0 spiro atoms. The quantitative estimate of drug-likeness (QED) is 0.499. The van der Waals surface area contributed by atoms with Gasteiger partial charge in [-0.1, -0.05) is 12.1 Å². The molecule has 134 valence electrons. The number of carbonyl (C=O) groups excluding carboxylic acids is 1. The lowest BCUT2D eigenvalue weighted by atomic mass is 10.0.